The van der Waals surface area contributed by atoms with Crippen molar-refractivity contribution in [1.82, 2.24) is 4.90 Å². The summed E-state index contributed by atoms with van der Waals surface area (Å²) in [6, 6.07) is 20.3. The zero-order chi connectivity index (χ0) is 25.0. The Morgan fingerprint density at radius 3 is 2.23 bits per heavy atom. The second-order valence-electron chi connectivity index (χ2n) is 7.99. The highest BCUT2D eigenvalue weighted by atomic mass is 35.5. The van der Waals surface area contributed by atoms with E-state index in [2.05, 4.69) is 4.90 Å². The minimum absolute atomic E-state index is 0.0631. The molecule has 0 radical (unpaired) electrons. The molecule has 10 heteroatoms. The van der Waals surface area contributed by atoms with E-state index in [9.17, 15) is 13.2 Å². The van der Waals surface area contributed by atoms with Gasteiger partial charge in [-0.15, -0.1) is 0 Å². The molecular formula is C25H25Cl2N3O4S. The zero-order valence-electron chi connectivity index (χ0n) is 19.1. The highest BCUT2D eigenvalue weighted by Crippen LogP contribution is 2.33. The molecule has 184 valence electrons. The number of benzene rings is 3. The molecule has 3 aromatic carbocycles. The van der Waals surface area contributed by atoms with Crippen molar-refractivity contribution in [2.24, 2.45) is 0 Å². The van der Waals surface area contributed by atoms with Crippen LogP contribution >= 0.6 is 23.2 Å². The third kappa shape index (κ3) is 5.66. The minimum Gasteiger partial charge on any atom is -0.497 e. The summed E-state index contributed by atoms with van der Waals surface area (Å²) in [5, 5.41) is 0.504. The topological polar surface area (TPSA) is 70.2 Å². The van der Waals surface area contributed by atoms with Crippen LogP contribution in [0.15, 0.2) is 77.7 Å². The van der Waals surface area contributed by atoms with Crippen LogP contribution in [0.1, 0.15) is 0 Å². The van der Waals surface area contributed by atoms with Gasteiger partial charge in [-0.1, -0.05) is 41.4 Å². The number of rotatable bonds is 7. The summed E-state index contributed by atoms with van der Waals surface area (Å²) in [7, 11) is -2.44. The molecule has 1 fully saturated rings. The van der Waals surface area contributed by atoms with Gasteiger partial charge in [-0.2, -0.15) is 0 Å². The summed E-state index contributed by atoms with van der Waals surface area (Å²) >= 11 is 12.5. The molecule has 0 aliphatic carbocycles. The largest absolute Gasteiger partial charge is 0.497 e. The van der Waals surface area contributed by atoms with E-state index in [1.165, 1.54) is 24.3 Å². The second-order valence-corrected chi connectivity index (χ2v) is 10.7. The summed E-state index contributed by atoms with van der Waals surface area (Å²) in [5.74, 6) is 0.469. The van der Waals surface area contributed by atoms with E-state index < -0.39 is 10.0 Å². The number of ether oxygens (including phenoxy) is 1. The molecule has 0 saturated carbocycles. The van der Waals surface area contributed by atoms with Crippen LogP contribution in [0.25, 0.3) is 0 Å². The fraction of sp³-hybridized carbons (Fsp3) is 0.240. The number of sulfonamides is 1. The SMILES string of the molecule is COc1ccc(N2CCN(C(=O)CN(c3cc(Cl)ccc3Cl)S(=O)(=O)c3ccccc3)CC2)cc1. The van der Waals surface area contributed by atoms with Crippen molar-refractivity contribution in [3.63, 3.8) is 0 Å². The molecule has 0 N–H and O–H groups in total. The van der Waals surface area contributed by atoms with Crippen LogP contribution in [0.3, 0.4) is 0 Å². The number of hydrogen-bond acceptors (Lipinski definition) is 5. The summed E-state index contributed by atoms with van der Waals surface area (Å²) in [6.45, 7) is 1.80. The van der Waals surface area contributed by atoms with Crippen molar-refractivity contribution in [2.75, 3.05) is 49.0 Å². The van der Waals surface area contributed by atoms with Crippen molar-refractivity contribution in [1.29, 1.82) is 0 Å². The molecule has 0 atom stereocenters. The lowest BCUT2D eigenvalue weighted by atomic mass is 10.2. The lowest BCUT2D eigenvalue weighted by molar-refractivity contribution is -0.129. The van der Waals surface area contributed by atoms with Crippen LogP contribution in [0.5, 0.6) is 5.75 Å². The van der Waals surface area contributed by atoms with Crippen molar-refractivity contribution in [3.05, 3.63) is 82.8 Å². The molecule has 1 amide bonds. The number of methoxy groups -OCH3 is 1. The fourth-order valence-electron chi connectivity index (χ4n) is 3.93. The molecule has 3 aromatic rings. The third-order valence-corrected chi connectivity index (χ3v) is 8.19. The number of nitrogens with zero attached hydrogens (tertiary/aromatic N) is 3. The number of piperazine rings is 1. The summed E-state index contributed by atoms with van der Waals surface area (Å²) in [5.41, 5.74) is 1.20. The number of halogens is 2. The maximum atomic E-state index is 13.5. The predicted octanol–water partition coefficient (Wildman–Crippen LogP) is 4.55. The monoisotopic (exact) mass is 533 g/mol. The molecule has 4 rings (SSSR count). The molecule has 7 nitrogen and oxygen atoms in total. The Morgan fingerprint density at radius 1 is 0.943 bits per heavy atom. The molecule has 0 spiro atoms. The van der Waals surface area contributed by atoms with Gasteiger partial charge in [0, 0.05) is 36.9 Å². The number of anilines is 2. The van der Waals surface area contributed by atoms with E-state index in [1.54, 1.807) is 36.3 Å². The van der Waals surface area contributed by atoms with E-state index in [1.807, 2.05) is 24.3 Å². The summed E-state index contributed by atoms with van der Waals surface area (Å²) in [4.78, 5) is 17.2. The molecule has 1 aliphatic heterocycles. The number of carbonyl (C=O) groups excluding carboxylic acids is 1. The minimum atomic E-state index is -4.07. The average molecular weight is 534 g/mol. The van der Waals surface area contributed by atoms with E-state index in [4.69, 9.17) is 27.9 Å². The van der Waals surface area contributed by atoms with E-state index in [-0.39, 0.29) is 28.1 Å². The van der Waals surface area contributed by atoms with Gasteiger partial charge in [-0.3, -0.25) is 9.10 Å². The first kappa shape index (κ1) is 25.2. The van der Waals surface area contributed by atoms with E-state index in [0.29, 0.717) is 31.2 Å². The van der Waals surface area contributed by atoms with Gasteiger partial charge in [-0.05, 0) is 54.6 Å². The molecule has 1 saturated heterocycles. The smallest absolute Gasteiger partial charge is 0.264 e. The van der Waals surface area contributed by atoms with Crippen LogP contribution in [0.2, 0.25) is 10.0 Å². The number of carbonyl (C=O) groups is 1. The van der Waals surface area contributed by atoms with Gasteiger partial charge in [0.1, 0.15) is 12.3 Å². The molecule has 0 bridgehead atoms. The third-order valence-electron chi connectivity index (χ3n) is 5.86. The standard InChI is InChI=1S/C25H25Cl2N3O4S/c1-34-21-10-8-20(9-11-21)28-13-15-29(16-14-28)25(31)18-30(24-17-19(26)7-12-23(24)27)35(32,33)22-5-3-2-4-6-22/h2-12,17H,13-16,18H2,1H3. The van der Waals surface area contributed by atoms with Crippen LogP contribution in [0, 0.1) is 0 Å². The van der Waals surface area contributed by atoms with Crippen LogP contribution in [0.4, 0.5) is 11.4 Å². The molecular weight excluding hydrogens is 509 g/mol. The Bertz CT molecular complexity index is 1280. The van der Waals surface area contributed by atoms with Gasteiger partial charge in [-0.25, -0.2) is 8.42 Å². The Hall–Kier alpha value is -2.94. The van der Waals surface area contributed by atoms with Crippen LogP contribution in [-0.4, -0.2) is 59.1 Å². The maximum absolute atomic E-state index is 13.5. The second kappa shape index (κ2) is 10.8. The van der Waals surface area contributed by atoms with E-state index in [0.717, 1.165) is 15.7 Å². The zero-order valence-corrected chi connectivity index (χ0v) is 21.4. The molecule has 0 aromatic heterocycles. The Morgan fingerprint density at radius 2 is 1.60 bits per heavy atom. The van der Waals surface area contributed by atoms with Gasteiger partial charge in [0.05, 0.1) is 22.7 Å². The van der Waals surface area contributed by atoms with Gasteiger partial charge >= 0.3 is 0 Å². The fourth-order valence-corrected chi connectivity index (χ4v) is 5.81. The van der Waals surface area contributed by atoms with Gasteiger partial charge in [0.2, 0.25) is 5.91 Å². The van der Waals surface area contributed by atoms with Crippen molar-refractivity contribution < 1.29 is 17.9 Å². The molecule has 35 heavy (non-hydrogen) atoms. The number of amides is 1. The predicted molar refractivity (Wildman–Crippen MR) is 139 cm³/mol. The Labute approximate surface area is 215 Å². The van der Waals surface area contributed by atoms with Crippen LogP contribution < -0.4 is 13.9 Å². The van der Waals surface area contributed by atoms with Crippen molar-refractivity contribution in [2.45, 2.75) is 4.90 Å². The lowest BCUT2D eigenvalue weighted by Crippen LogP contribution is -2.52. The van der Waals surface area contributed by atoms with Crippen molar-refractivity contribution in [3.8, 4) is 5.75 Å². The first-order chi connectivity index (χ1) is 16.8. The van der Waals surface area contributed by atoms with Crippen molar-refractivity contribution >= 4 is 50.5 Å². The molecule has 0 unspecified atom stereocenters. The highest BCUT2D eigenvalue weighted by molar-refractivity contribution is 7.92. The Balaban J connectivity index is 1.53. The van der Waals surface area contributed by atoms with Gasteiger partial charge < -0.3 is 14.5 Å². The number of hydrogen-bond donors (Lipinski definition) is 0. The van der Waals surface area contributed by atoms with Crippen LogP contribution in [-0.2, 0) is 14.8 Å². The average Bonchev–Trinajstić information content (AvgIpc) is 2.89. The molecule has 1 heterocycles. The Kier molecular flexibility index (Phi) is 7.74. The van der Waals surface area contributed by atoms with E-state index >= 15 is 0 Å². The highest BCUT2D eigenvalue weighted by Gasteiger charge is 2.31. The summed E-state index contributed by atoms with van der Waals surface area (Å²) in [6.07, 6.45) is 0. The lowest BCUT2D eigenvalue weighted by Gasteiger charge is -2.37. The quantitative estimate of drug-likeness (QED) is 0.445. The van der Waals surface area contributed by atoms with Gasteiger partial charge in [0.15, 0.2) is 0 Å². The molecule has 1 aliphatic rings. The first-order valence-electron chi connectivity index (χ1n) is 11.0. The normalized spacial score (nSPS) is 14.0. The van der Waals surface area contributed by atoms with Gasteiger partial charge in [0.25, 0.3) is 10.0 Å². The first-order valence-corrected chi connectivity index (χ1v) is 13.2. The summed E-state index contributed by atoms with van der Waals surface area (Å²) < 4.78 is 33.3. The maximum Gasteiger partial charge on any atom is 0.264 e.